The van der Waals surface area contributed by atoms with Crippen molar-refractivity contribution in [3.05, 3.63) is 17.5 Å². The van der Waals surface area contributed by atoms with Crippen LogP contribution >= 0.6 is 0 Å². The molecule has 0 radical (unpaired) electrons. The Morgan fingerprint density at radius 3 is 2.68 bits per heavy atom. The highest BCUT2D eigenvalue weighted by atomic mass is 19.3. The summed E-state index contributed by atoms with van der Waals surface area (Å²) < 4.78 is 29.9. The number of ketones is 1. The van der Waals surface area contributed by atoms with Gasteiger partial charge in [-0.15, -0.1) is 10.2 Å². The smallest absolute Gasteiger partial charge is 0.277 e. The fourth-order valence-corrected chi connectivity index (χ4v) is 8.51. The van der Waals surface area contributed by atoms with E-state index >= 15 is 0 Å². The molecule has 6 rings (SSSR count). The molecule has 8 atom stereocenters. The lowest BCUT2D eigenvalue weighted by atomic mass is 9.48. The van der Waals surface area contributed by atoms with Crippen molar-refractivity contribution in [1.82, 2.24) is 20.2 Å². The molecule has 31 heavy (non-hydrogen) atoms. The van der Waals surface area contributed by atoms with Gasteiger partial charge in [-0.3, -0.25) is 4.79 Å². The molecule has 1 aromatic heterocycles. The number of Topliss-reactive ketones (excluding diaryl/α,β-unsaturated/α-hetero) is 1. The maximum absolute atomic E-state index is 15.0. The zero-order chi connectivity index (χ0) is 21.8. The molecular formula is C23H30F2N4O2. The monoisotopic (exact) mass is 432 g/mol. The van der Waals surface area contributed by atoms with Crippen molar-refractivity contribution in [2.24, 2.45) is 40.9 Å². The number of aromatic nitrogens is 4. The van der Waals surface area contributed by atoms with Crippen LogP contribution in [0.5, 0.6) is 0 Å². The summed E-state index contributed by atoms with van der Waals surface area (Å²) in [7, 11) is 0. The molecule has 6 nitrogen and oxygen atoms in total. The average Bonchev–Trinajstić information content (AvgIpc) is 3.08. The Kier molecular flexibility index (Phi) is 3.99. The van der Waals surface area contributed by atoms with Crippen LogP contribution in [0.25, 0.3) is 0 Å². The lowest BCUT2D eigenvalue weighted by Crippen LogP contribution is -2.52. The van der Waals surface area contributed by atoms with Crippen molar-refractivity contribution in [2.75, 3.05) is 0 Å². The molecule has 8 heteroatoms. The molecule has 0 aliphatic heterocycles. The molecule has 5 aliphatic rings. The van der Waals surface area contributed by atoms with Crippen molar-refractivity contribution in [3.63, 3.8) is 0 Å². The first-order chi connectivity index (χ1) is 14.6. The van der Waals surface area contributed by atoms with Gasteiger partial charge in [0.1, 0.15) is 6.54 Å². The Labute approximate surface area is 180 Å². The van der Waals surface area contributed by atoms with Crippen LogP contribution in [0.3, 0.4) is 0 Å². The molecule has 4 saturated carbocycles. The number of nitrogens with zero attached hydrogens (tertiary/aromatic N) is 4. The summed E-state index contributed by atoms with van der Waals surface area (Å²) >= 11 is 0. The fourth-order valence-electron chi connectivity index (χ4n) is 8.51. The van der Waals surface area contributed by atoms with Crippen LogP contribution in [-0.2, 0) is 11.3 Å². The number of carbonyl (C=O) groups excluding carboxylic acids is 1. The van der Waals surface area contributed by atoms with E-state index in [1.807, 2.05) is 6.92 Å². The van der Waals surface area contributed by atoms with Crippen LogP contribution in [0.1, 0.15) is 58.8 Å². The highest BCUT2D eigenvalue weighted by Gasteiger charge is 2.78. The van der Waals surface area contributed by atoms with E-state index in [9.17, 15) is 18.7 Å². The van der Waals surface area contributed by atoms with E-state index in [0.29, 0.717) is 23.3 Å². The summed E-state index contributed by atoms with van der Waals surface area (Å²) in [6.45, 7) is 3.87. The number of allylic oxidation sites excluding steroid dienone is 2. The molecule has 0 unspecified atom stereocenters. The highest BCUT2D eigenvalue weighted by Crippen LogP contribution is 2.77. The SMILES string of the molecule is C[C@@]1(O)CC[C@H]2[C@H](CC[C@@H]3[C@@H]2CC[C@]2(C)C(C(=O)Cn4ncnn4)=C4[C@H]([C@@H]32)C4(F)F)C1. The Bertz CT molecular complexity index is 959. The van der Waals surface area contributed by atoms with Crippen molar-refractivity contribution < 1.29 is 18.7 Å². The van der Waals surface area contributed by atoms with Crippen molar-refractivity contribution in [3.8, 4) is 0 Å². The molecule has 1 N–H and O–H groups in total. The summed E-state index contributed by atoms with van der Waals surface area (Å²) in [6, 6.07) is 0. The van der Waals surface area contributed by atoms with E-state index in [1.165, 1.54) is 11.1 Å². The number of fused-ring (bicyclic) bond motifs is 7. The Morgan fingerprint density at radius 2 is 1.94 bits per heavy atom. The maximum Gasteiger partial charge on any atom is 0.277 e. The Balaban J connectivity index is 1.31. The minimum atomic E-state index is -2.85. The maximum atomic E-state index is 15.0. The minimum Gasteiger partial charge on any atom is -0.390 e. The third-order valence-electron chi connectivity index (χ3n) is 9.62. The lowest BCUT2D eigenvalue weighted by molar-refractivity contribution is -0.123. The molecule has 1 aromatic rings. The van der Waals surface area contributed by atoms with Gasteiger partial charge in [-0.2, -0.15) is 4.80 Å². The highest BCUT2D eigenvalue weighted by molar-refractivity contribution is 5.99. The predicted molar refractivity (Wildman–Crippen MR) is 107 cm³/mol. The topological polar surface area (TPSA) is 80.9 Å². The Morgan fingerprint density at radius 1 is 1.16 bits per heavy atom. The number of hydrogen-bond donors (Lipinski definition) is 1. The van der Waals surface area contributed by atoms with E-state index in [2.05, 4.69) is 22.3 Å². The van der Waals surface area contributed by atoms with Crippen LogP contribution in [0.2, 0.25) is 0 Å². The van der Waals surface area contributed by atoms with Gasteiger partial charge in [-0.1, -0.05) is 6.92 Å². The summed E-state index contributed by atoms with van der Waals surface area (Å²) in [5.41, 5.74) is -0.581. The summed E-state index contributed by atoms with van der Waals surface area (Å²) in [5, 5.41) is 21.8. The molecule has 0 aromatic carbocycles. The third-order valence-corrected chi connectivity index (χ3v) is 9.62. The van der Waals surface area contributed by atoms with Gasteiger partial charge in [0, 0.05) is 16.6 Å². The number of hydrogen-bond acceptors (Lipinski definition) is 5. The average molecular weight is 433 g/mol. The van der Waals surface area contributed by atoms with Gasteiger partial charge in [-0.05, 0) is 86.7 Å². The van der Waals surface area contributed by atoms with E-state index in [1.54, 1.807) is 0 Å². The van der Waals surface area contributed by atoms with Crippen LogP contribution in [0, 0.1) is 40.9 Å². The van der Waals surface area contributed by atoms with Gasteiger partial charge in [0.15, 0.2) is 12.1 Å². The minimum absolute atomic E-state index is 0.111. The molecule has 168 valence electrons. The zero-order valence-corrected chi connectivity index (χ0v) is 18.1. The summed E-state index contributed by atoms with van der Waals surface area (Å²) in [5.74, 6) is -2.33. The van der Waals surface area contributed by atoms with Crippen molar-refractivity contribution in [1.29, 1.82) is 0 Å². The second kappa shape index (κ2) is 6.21. The molecular weight excluding hydrogens is 402 g/mol. The predicted octanol–water partition coefficient (Wildman–Crippen LogP) is 3.43. The van der Waals surface area contributed by atoms with Crippen LogP contribution in [0.15, 0.2) is 17.5 Å². The molecule has 1 heterocycles. The van der Waals surface area contributed by atoms with Gasteiger partial charge in [-0.25, -0.2) is 8.78 Å². The van der Waals surface area contributed by atoms with Crippen LogP contribution < -0.4 is 0 Å². The van der Waals surface area contributed by atoms with E-state index in [0.717, 1.165) is 44.9 Å². The van der Waals surface area contributed by atoms with Crippen LogP contribution in [-0.4, -0.2) is 42.6 Å². The fraction of sp³-hybridized carbons (Fsp3) is 0.826. The first-order valence-electron chi connectivity index (χ1n) is 11.7. The normalized spacial score (nSPS) is 47.3. The van der Waals surface area contributed by atoms with Crippen LogP contribution in [0.4, 0.5) is 8.78 Å². The molecule has 0 bridgehead atoms. The summed E-state index contributed by atoms with van der Waals surface area (Å²) in [6.07, 6.45) is 7.61. The van der Waals surface area contributed by atoms with E-state index < -0.39 is 22.9 Å². The molecule has 4 fully saturated rings. The van der Waals surface area contributed by atoms with Crippen molar-refractivity contribution >= 4 is 5.78 Å². The van der Waals surface area contributed by atoms with E-state index in [4.69, 9.17) is 0 Å². The number of rotatable bonds is 3. The van der Waals surface area contributed by atoms with Gasteiger partial charge in [0.25, 0.3) is 5.92 Å². The number of aliphatic hydroxyl groups is 1. The molecule has 0 saturated heterocycles. The summed E-state index contributed by atoms with van der Waals surface area (Å²) in [4.78, 5) is 14.4. The number of alkyl halides is 2. The lowest BCUT2D eigenvalue weighted by Gasteiger charge is -2.57. The third kappa shape index (κ3) is 2.69. The Hall–Kier alpha value is -1.70. The van der Waals surface area contributed by atoms with Gasteiger partial charge in [0.05, 0.1) is 11.5 Å². The number of tetrazole rings is 1. The van der Waals surface area contributed by atoms with Gasteiger partial charge in [0.2, 0.25) is 0 Å². The van der Waals surface area contributed by atoms with Gasteiger partial charge >= 0.3 is 0 Å². The number of carbonyl (C=O) groups is 1. The molecule has 0 amide bonds. The first-order valence-corrected chi connectivity index (χ1v) is 11.7. The van der Waals surface area contributed by atoms with E-state index in [-0.39, 0.29) is 29.7 Å². The molecule has 0 spiro atoms. The number of halogens is 2. The first kappa shape index (κ1) is 19.9. The zero-order valence-electron chi connectivity index (χ0n) is 18.1. The second-order valence-corrected chi connectivity index (χ2v) is 11.3. The second-order valence-electron chi connectivity index (χ2n) is 11.3. The molecule has 5 aliphatic carbocycles. The van der Waals surface area contributed by atoms with Gasteiger partial charge < -0.3 is 5.11 Å². The van der Waals surface area contributed by atoms with Crippen molar-refractivity contribution in [2.45, 2.75) is 76.9 Å². The standard InChI is InChI=1S/C23H30F2N4O2/c1-21(31)7-5-13-12(9-21)3-4-15-14(13)6-8-22(2)17(15)19-20(23(19,24)25)18(22)16(30)10-29-27-11-26-28-29/h11-15,17,19,31H,3-10H2,1-2H3/t12-,13+,14-,15-,17-,19+,21-,22+/m1/s1. The largest absolute Gasteiger partial charge is 0.390 e. The quantitative estimate of drug-likeness (QED) is 0.792.